The van der Waals surface area contributed by atoms with Crippen molar-refractivity contribution in [1.82, 2.24) is 19.9 Å². The summed E-state index contributed by atoms with van der Waals surface area (Å²) >= 11 is 0. The van der Waals surface area contributed by atoms with Crippen LogP contribution in [-0.4, -0.2) is 44.3 Å². The van der Waals surface area contributed by atoms with E-state index in [2.05, 4.69) is 19.9 Å². The average Bonchev–Trinajstić information content (AvgIpc) is 3.37. The van der Waals surface area contributed by atoms with Crippen LogP contribution in [0.5, 0.6) is 0 Å². The van der Waals surface area contributed by atoms with Crippen LogP contribution in [0.4, 0.5) is 34.6 Å². The number of nitrogens with zero attached hydrogens (tertiary/aromatic N) is 8. The fourth-order valence-corrected chi connectivity index (χ4v) is 4.76. The first-order valence-electron chi connectivity index (χ1n) is 16.1. The van der Waals surface area contributed by atoms with Crippen molar-refractivity contribution in [2.75, 3.05) is 19.6 Å². The van der Waals surface area contributed by atoms with Crippen molar-refractivity contribution in [1.29, 1.82) is 0 Å². The highest BCUT2D eigenvalue weighted by atomic mass is 15.5. The maximum Gasteiger partial charge on any atom is 0.178 e. The van der Waals surface area contributed by atoms with E-state index in [1.54, 1.807) is 48.8 Å². The summed E-state index contributed by atoms with van der Waals surface area (Å²) in [5.41, 5.74) is 1.72. The smallest absolute Gasteiger partial charge is 0.178 e. The highest BCUT2D eigenvalue weighted by Gasteiger charge is 2.41. The number of aromatic nitrogens is 4. The van der Waals surface area contributed by atoms with Gasteiger partial charge in [0.05, 0.1) is 2.74 Å². The van der Waals surface area contributed by atoms with E-state index in [1.807, 2.05) is 0 Å². The molecule has 1 unspecified atom stereocenters. The SMILES string of the molecule is [2H]C([2H])([2H])C([2H])(C)N1c2nccnc2N(c2cccc(N3c4nccnc4N(C([2H])(C([2H])([2H])[2H])C([2H])([2H])[2H])[C@@H]3C)c2C)[C@@H]1C. The van der Waals surface area contributed by atoms with Gasteiger partial charge in [-0.25, -0.2) is 19.9 Å². The van der Waals surface area contributed by atoms with Gasteiger partial charge in [0.25, 0.3) is 0 Å². The zero-order valence-electron chi connectivity index (χ0n) is 29.8. The molecule has 8 nitrogen and oxygen atoms in total. The molecule has 2 aliphatic rings. The summed E-state index contributed by atoms with van der Waals surface area (Å²) in [4.78, 5) is 23.4. The minimum absolute atomic E-state index is 0.0633. The van der Waals surface area contributed by atoms with Gasteiger partial charge in [-0.2, -0.15) is 0 Å². The Labute approximate surface area is 211 Å². The Morgan fingerprint density at radius 2 is 1.18 bits per heavy atom. The number of fused-ring (bicyclic) bond motifs is 2. The first-order chi connectivity index (χ1) is 20.2. The second-order valence-electron chi connectivity index (χ2n) is 8.01. The van der Waals surface area contributed by atoms with Crippen LogP contribution < -0.4 is 19.6 Å². The minimum atomic E-state index is -3.25. The Morgan fingerprint density at radius 3 is 1.64 bits per heavy atom. The van der Waals surface area contributed by atoms with E-state index < -0.39 is 44.9 Å². The first-order valence-corrected chi connectivity index (χ1v) is 10.6. The summed E-state index contributed by atoms with van der Waals surface area (Å²) < 4.78 is 90.5. The Hall–Kier alpha value is -3.42. The molecule has 2 aromatic heterocycles. The minimum Gasteiger partial charge on any atom is -0.330 e. The zero-order chi connectivity index (χ0) is 32.8. The lowest BCUT2D eigenvalue weighted by Crippen LogP contribution is -2.43. The van der Waals surface area contributed by atoms with Crippen LogP contribution in [-0.2, 0) is 0 Å². The van der Waals surface area contributed by atoms with E-state index >= 15 is 0 Å². The fourth-order valence-electron chi connectivity index (χ4n) is 4.76. The monoisotopic (exact) mass is 455 g/mol. The highest BCUT2D eigenvalue weighted by Crippen LogP contribution is 2.48. The van der Waals surface area contributed by atoms with Crippen LogP contribution in [0.1, 0.15) is 62.0 Å². The normalized spacial score (nSPS) is 27.8. The van der Waals surface area contributed by atoms with Gasteiger partial charge in [0.15, 0.2) is 23.3 Å². The van der Waals surface area contributed by atoms with Crippen molar-refractivity contribution < 1.29 is 15.1 Å². The van der Waals surface area contributed by atoms with Crippen LogP contribution in [0.3, 0.4) is 0 Å². The summed E-state index contributed by atoms with van der Waals surface area (Å²) in [6, 6.07) is 0.165. The lowest BCUT2D eigenvalue weighted by molar-refractivity contribution is 0.598. The zero-order valence-corrected chi connectivity index (χ0v) is 18.8. The standard InChI is InChI=1S/C25H32N8/c1-15(2)30-18(6)32(24-22(30)26-11-13-28-24)20-9-8-10-21(17(20)5)33-19(7)31(16(3)4)23-25(33)29-14-12-27-23/h8-16,18-19H,1-7H3/t18-,19+/i1D3,2D3,3D3,15D,16D/t16?,18-,19+/m0/s1. The third-order valence-corrected chi connectivity index (χ3v) is 6.13. The average molecular weight is 456 g/mol. The number of hydrogen-bond donors (Lipinski definition) is 0. The van der Waals surface area contributed by atoms with Crippen molar-refractivity contribution in [3.63, 3.8) is 0 Å². The molecule has 5 rings (SSSR count). The fraction of sp³-hybridized carbons (Fsp3) is 0.440. The molecule has 0 aliphatic carbocycles. The van der Waals surface area contributed by atoms with Crippen LogP contribution in [0.25, 0.3) is 0 Å². The lowest BCUT2D eigenvalue weighted by atomic mass is 10.1. The van der Waals surface area contributed by atoms with Crippen LogP contribution >= 0.6 is 0 Å². The molecule has 0 spiro atoms. The van der Waals surface area contributed by atoms with Crippen molar-refractivity contribution >= 4 is 34.6 Å². The second kappa shape index (κ2) is 7.86. The van der Waals surface area contributed by atoms with E-state index in [0.29, 0.717) is 22.8 Å². The van der Waals surface area contributed by atoms with Gasteiger partial charge in [0, 0.05) is 60.5 Å². The van der Waals surface area contributed by atoms with E-state index in [-0.39, 0.29) is 17.5 Å². The van der Waals surface area contributed by atoms with Gasteiger partial charge < -0.3 is 19.6 Å². The highest BCUT2D eigenvalue weighted by molar-refractivity contribution is 5.85. The molecule has 3 aromatic rings. The lowest BCUT2D eigenvalue weighted by Gasteiger charge is -2.35. The van der Waals surface area contributed by atoms with E-state index in [1.165, 1.54) is 36.6 Å². The Morgan fingerprint density at radius 1 is 0.758 bits per heavy atom. The van der Waals surface area contributed by atoms with E-state index in [0.717, 1.165) is 4.90 Å². The Balaban J connectivity index is 1.67. The third kappa shape index (κ3) is 3.11. The Bertz CT molecular complexity index is 1560. The molecule has 172 valence electrons. The van der Waals surface area contributed by atoms with Crippen LogP contribution in [0.2, 0.25) is 0 Å². The molecular formula is C25H32N8. The summed E-state index contributed by atoms with van der Waals surface area (Å²) in [7, 11) is 0. The molecule has 0 amide bonds. The van der Waals surface area contributed by atoms with E-state index in [9.17, 15) is 0 Å². The van der Waals surface area contributed by atoms with Gasteiger partial charge in [-0.15, -0.1) is 0 Å². The molecule has 4 heterocycles. The summed E-state index contributed by atoms with van der Waals surface area (Å²) in [6.45, 7) is -2.76. The molecule has 0 bridgehead atoms. The van der Waals surface area contributed by atoms with Crippen molar-refractivity contribution in [2.24, 2.45) is 0 Å². The van der Waals surface area contributed by atoms with Gasteiger partial charge in [-0.3, -0.25) is 0 Å². The number of anilines is 6. The molecule has 2 aliphatic heterocycles. The molecule has 8 heteroatoms. The molecule has 0 fully saturated rings. The van der Waals surface area contributed by atoms with Gasteiger partial charge in [-0.05, 0) is 65.9 Å². The summed E-state index contributed by atoms with van der Waals surface area (Å²) in [6.07, 6.45) is 3.88. The van der Waals surface area contributed by atoms with Crippen LogP contribution in [0, 0.1) is 6.92 Å². The van der Waals surface area contributed by atoms with Gasteiger partial charge in [0.1, 0.15) is 12.3 Å². The number of hydrogen-bond acceptors (Lipinski definition) is 8. The molecule has 0 N–H and O–H groups in total. The third-order valence-electron chi connectivity index (χ3n) is 6.13. The number of rotatable bonds is 4. The maximum absolute atomic E-state index is 8.92. The maximum atomic E-state index is 8.92. The quantitative estimate of drug-likeness (QED) is 0.545. The first kappa shape index (κ1) is 12.2. The molecule has 0 saturated carbocycles. The summed E-state index contributed by atoms with van der Waals surface area (Å²) in [5.74, 6) is 0.674. The van der Waals surface area contributed by atoms with Crippen molar-refractivity contribution in [3.8, 4) is 0 Å². The second-order valence-corrected chi connectivity index (χ2v) is 8.01. The molecule has 0 saturated heterocycles. The van der Waals surface area contributed by atoms with Crippen molar-refractivity contribution in [3.05, 3.63) is 48.5 Å². The summed E-state index contributed by atoms with van der Waals surface area (Å²) in [5, 5.41) is 0. The molecule has 1 aromatic carbocycles. The Kier molecular flexibility index (Phi) is 2.90. The predicted molar refractivity (Wildman–Crippen MR) is 134 cm³/mol. The van der Waals surface area contributed by atoms with Gasteiger partial charge >= 0.3 is 0 Å². The van der Waals surface area contributed by atoms with Crippen molar-refractivity contribution in [2.45, 2.75) is 72.6 Å². The number of benzene rings is 1. The van der Waals surface area contributed by atoms with E-state index in [4.69, 9.17) is 15.1 Å². The largest absolute Gasteiger partial charge is 0.330 e. The van der Waals surface area contributed by atoms with Gasteiger partial charge in [-0.1, -0.05) is 6.07 Å². The predicted octanol–water partition coefficient (Wildman–Crippen LogP) is 5.00. The van der Waals surface area contributed by atoms with Gasteiger partial charge in [0.2, 0.25) is 0 Å². The molecular weight excluding hydrogens is 412 g/mol. The van der Waals surface area contributed by atoms with Crippen LogP contribution in [0.15, 0.2) is 43.0 Å². The molecule has 3 atom stereocenters. The topological polar surface area (TPSA) is 64.5 Å². The molecule has 33 heavy (non-hydrogen) atoms. The molecule has 0 radical (unpaired) electrons.